The van der Waals surface area contributed by atoms with Crippen LogP contribution in [0.4, 0.5) is 0 Å². The third-order valence-corrected chi connectivity index (χ3v) is 4.44. The predicted molar refractivity (Wildman–Crippen MR) is 65.3 cm³/mol. The molecule has 0 amide bonds. The highest BCUT2D eigenvalue weighted by molar-refractivity contribution is 4.87. The summed E-state index contributed by atoms with van der Waals surface area (Å²) in [6, 6.07) is 0. The summed E-state index contributed by atoms with van der Waals surface area (Å²) in [6.07, 6.45) is 10.2. The largest absolute Gasteiger partial charge is 0.390 e. The van der Waals surface area contributed by atoms with Crippen LogP contribution in [0.5, 0.6) is 0 Å². The molecule has 2 fully saturated rings. The second kappa shape index (κ2) is 6.02. The number of aliphatic hydroxyl groups excluding tert-OH is 1. The molecule has 0 aromatic carbocycles. The molecule has 94 valence electrons. The van der Waals surface area contributed by atoms with Crippen molar-refractivity contribution in [1.29, 1.82) is 0 Å². The van der Waals surface area contributed by atoms with Gasteiger partial charge >= 0.3 is 0 Å². The van der Waals surface area contributed by atoms with E-state index < -0.39 is 0 Å². The van der Waals surface area contributed by atoms with Crippen LogP contribution >= 0.6 is 0 Å². The lowest BCUT2D eigenvalue weighted by molar-refractivity contribution is -0.105. The quantitative estimate of drug-likeness (QED) is 0.780. The van der Waals surface area contributed by atoms with Gasteiger partial charge < -0.3 is 9.84 Å². The zero-order valence-corrected chi connectivity index (χ0v) is 10.5. The van der Waals surface area contributed by atoms with E-state index in [1.165, 1.54) is 51.4 Å². The second-order valence-electron chi connectivity index (χ2n) is 5.50. The maximum absolute atomic E-state index is 10.4. The minimum absolute atomic E-state index is 0.121. The minimum Gasteiger partial charge on any atom is -0.390 e. The molecule has 2 saturated carbocycles. The maximum atomic E-state index is 10.4. The van der Waals surface area contributed by atoms with Gasteiger partial charge in [0.05, 0.1) is 12.2 Å². The minimum atomic E-state index is -0.197. The molecule has 0 radical (unpaired) electrons. The number of hydrogen-bond acceptors (Lipinski definition) is 2. The standard InChI is InChI=1S/C14H26O2/c1-2-16-14(12-7-4-3-5-8-12)13(15)11-9-6-10-11/h11-15H,2-10H2,1H3. The summed E-state index contributed by atoms with van der Waals surface area (Å²) >= 11 is 0. The van der Waals surface area contributed by atoms with Gasteiger partial charge in [0, 0.05) is 6.61 Å². The molecule has 1 N–H and O–H groups in total. The number of rotatable bonds is 5. The van der Waals surface area contributed by atoms with Crippen molar-refractivity contribution in [1.82, 2.24) is 0 Å². The zero-order chi connectivity index (χ0) is 11.4. The Labute approximate surface area is 99.4 Å². The molecule has 16 heavy (non-hydrogen) atoms. The van der Waals surface area contributed by atoms with E-state index in [9.17, 15) is 5.11 Å². The van der Waals surface area contributed by atoms with Crippen LogP contribution in [-0.4, -0.2) is 23.9 Å². The Balaban J connectivity index is 1.91. The number of ether oxygens (including phenoxy) is 1. The first kappa shape index (κ1) is 12.4. The van der Waals surface area contributed by atoms with Gasteiger partial charge in [0.15, 0.2) is 0 Å². The van der Waals surface area contributed by atoms with Crippen molar-refractivity contribution in [3.63, 3.8) is 0 Å². The Morgan fingerprint density at radius 1 is 1.00 bits per heavy atom. The summed E-state index contributed by atoms with van der Waals surface area (Å²) in [7, 11) is 0. The molecule has 2 aliphatic rings. The Hall–Kier alpha value is -0.0800. The molecule has 0 aromatic heterocycles. The molecule has 2 aliphatic carbocycles. The first-order valence-corrected chi connectivity index (χ1v) is 7.12. The van der Waals surface area contributed by atoms with Crippen molar-refractivity contribution < 1.29 is 9.84 Å². The van der Waals surface area contributed by atoms with Crippen molar-refractivity contribution in [2.24, 2.45) is 11.8 Å². The molecule has 0 aromatic rings. The Morgan fingerprint density at radius 2 is 1.62 bits per heavy atom. The smallest absolute Gasteiger partial charge is 0.0864 e. The van der Waals surface area contributed by atoms with Crippen LogP contribution in [0.15, 0.2) is 0 Å². The van der Waals surface area contributed by atoms with Crippen LogP contribution < -0.4 is 0 Å². The number of hydrogen-bond donors (Lipinski definition) is 1. The zero-order valence-electron chi connectivity index (χ0n) is 10.5. The molecule has 2 unspecified atom stereocenters. The topological polar surface area (TPSA) is 29.5 Å². The highest BCUT2D eigenvalue weighted by Crippen LogP contribution is 2.37. The van der Waals surface area contributed by atoms with Crippen molar-refractivity contribution in [3.05, 3.63) is 0 Å². The van der Waals surface area contributed by atoms with Gasteiger partial charge in [-0.15, -0.1) is 0 Å². The van der Waals surface area contributed by atoms with Gasteiger partial charge in [0.25, 0.3) is 0 Å². The van der Waals surface area contributed by atoms with Gasteiger partial charge in [-0.2, -0.15) is 0 Å². The average Bonchev–Trinajstić information content (AvgIpc) is 2.24. The molecule has 0 spiro atoms. The van der Waals surface area contributed by atoms with E-state index in [2.05, 4.69) is 0 Å². The molecule has 0 saturated heterocycles. The summed E-state index contributed by atoms with van der Waals surface area (Å²) < 4.78 is 5.85. The van der Waals surface area contributed by atoms with Gasteiger partial charge in [-0.25, -0.2) is 0 Å². The lowest BCUT2D eigenvalue weighted by atomic mass is 9.74. The van der Waals surface area contributed by atoms with Crippen LogP contribution in [0.2, 0.25) is 0 Å². The van der Waals surface area contributed by atoms with Crippen molar-refractivity contribution in [2.75, 3.05) is 6.61 Å². The molecule has 2 nitrogen and oxygen atoms in total. The van der Waals surface area contributed by atoms with E-state index in [1.807, 2.05) is 6.92 Å². The predicted octanol–water partition coefficient (Wildman–Crippen LogP) is 3.13. The SMILES string of the molecule is CCOC(C1CCCCC1)C(O)C1CCC1. The van der Waals surface area contributed by atoms with Gasteiger partial charge in [-0.1, -0.05) is 25.7 Å². The summed E-state index contributed by atoms with van der Waals surface area (Å²) in [5.41, 5.74) is 0. The summed E-state index contributed by atoms with van der Waals surface area (Å²) in [5, 5.41) is 10.4. The lowest BCUT2D eigenvalue weighted by Gasteiger charge is -2.39. The maximum Gasteiger partial charge on any atom is 0.0864 e. The van der Waals surface area contributed by atoms with Crippen LogP contribution in [0, 0.1) is 11.8 Å². The van der Waals surface area contributed by atoms with Gasteiger partial charge in [-0.05, 0) is 44.4 Å². The Morgan fingerprint density at radius 3 is 2.12 bits per heavy atom. The summed E-state index contributed by atoms with van der Waals surface area (Å²) in [6.45, 7) is 2.79. The molecule has 2 atom stereocenters. The van der Waals surface area contributed by atoms with E-state index in [4.69, 9.17) is 4.74 Å². The van der Waals surface area contributed by atoms with Crippen molar-refractivity contribution in [3.8, 4) is 0 Å². The first-order chi connectivity index (χ1) is 7.83. The van der Waals surface area contributed by atoms with Gasteiger partial charge in [0.2, 0.25) is 0 Å². The molecule has 2 heteroatoms. The molecule has 0 aliphatic heterocycles. The average molecular weight is 226 g/mol. The molecule has 0 heterocycles. The van der Waals surface area contributed by atoms with Crippen LogP contribution in [0.1, 0.15) is 58.3 Å². The van der Waals surface area contributed by atoms with Crippen molar-refractivity contribution >= 4 is 0 Å². The highest BCUT2D eigenvalue weighted by Gasteiger charge is 2.36. The van der Waals surface area contributed by atoms with E-state index in [-0.39, 0.29) is 12.2 Å². The van der Waals surface area contributed by atoms with Gasteiger partial charge in [0.1, 0.15) is 0 Å². The normalized spacial score (nSPS) is 27.4. The third kappa shape index (κ3) is 2.78. The Kier molecular flexibility index (Phi) is 4.66. The monoisotopic (exact) mass is 226 g/mol. The van der Waals surface area contributed by atoms with Gasteiger partial charge in [-0.3, -0.25) is 0 Å². The molecule has 2 rings (SSSR count). The molecular formula is C14H26O2. The lowest BCUT2D eigenvalue weighted by Crippen LogP contribution is -2.43. The second-order valence-corrected chi connectivity index (χ2v) is 5.50. The fourth-order valence-electron chi connectivity index (χ4n) is 3.22. The van der Waals surface area contributed by atoms with Crippen LogP contribution in [0.25, 0.3) is 0 Å². The first-order valence-electron chi connectivity index (χ1n) is 7.12. The van der Waals surface area contributed by atoms with E-state index in [0.717, 1.165) is 6.61 Å². The Bertz CT molecular complexity index is 193. The number of aliphatic hydroxyl groups is 1. The third-order valence-electron chi connectivity index (χ3n) is 4.44. The summed E-state index contributed by atoms with van der Waals surface area (Å²) in [4.78, 5) is 0. The fraction of sp³-hybridized carbons (Fsp3) is 1.00. The summed E-state index contributed by atoms with van der Waals surface area (Å²) in [5.74, 6) is 1.14. The van der Waals surface area contributed by atoms with Crippen LogP contribution in [-0.2, 0) is 4.74 Å². The molecular weight excluding hydrogens is 200 g/mol. The van der Waals surface area contributed by atoms with E-state index >= 15 is 0 Å². The highest BCUT2D eigenvalue weighted by atomic mass is 16.5. The fourth-order valence-corrected chi connectivity index (χ4v) is 3.22. The van der Waals surface area contributed by atoms with Crippen LogP contribution in [0.3, 0.4) is 0 Å². The van der Waals surface area contributed by atoms with E-state index in [0.29, 0.717) is 11.8 Å². The molecule has 0 bridgehead atoms. The van der Waals surface area contributed by atoms with E-state index in [1.54, 1.807) is 0 Å². The van der Waals surface area contributed by atoms with Crippen molar-refractivity contribution in [2.45, 2.75) is 70.5 Å².